The molecule has 0 N–H and O–H groups in total. The van der Waals surface area contributed by atoms with Crippen LogP contribution in [0.25, 0.3) is 0 Å². The van der Waals surface area contributed by atoms with Crippen LogP contribution in [0.1, 0.15) is 12.0 Å². The van der Waals surface area contributed by atoms with Crippen LogP contribution in [0, 0.1) is 11.3 Å². The summed E-state index contributed by atoms with van der Waals surface area (Å²) < 4.78 is 26.4. The fraction of sp³-hybridized carbons (Fsp3) is 0.462. The van der Waals surface area contributed by atoms with Gasteiger partial charge in [0, 0.05) is 19.1 Å². The minimum Gasteiger partial charge on any atom is -0.305 e. The summed E-state index contributed by atoms with van der Waals surface area (Å²) in [4.78, 5) is 2.31. The molecule has 2 rings (SSSR count). The Balaban J connectivity index is 2.21. The topological polar surface area (TPSA) is 64.4 Å². The first-order valence-corrected chi connectivity index (χ1v) is 7.56. The summed E-state index contributed by atoms with van der Waals surface area (Å²) in [6, 6.07) is 8.32. The van der Waals surface area contributed by atoms with Crippen molar-refractivity contribution in [2.75, 3.05) is 27.2 Å². The number of nitriles is 1. The minimum atomic E-state index is -3.43. The van der Waals surface area contributed by atoms with Crippen LogP contribution in [0.5, 0.6) is 0 Å². The predicted octanol–water partition coefficient (Wildman–Crippen LogP) is 0.883. The normalized spacial score (nSPS) is 20.6. The molecule has 102 valence electrons. The maximum atomic E-state index is 12.4. The molecule has 0 radical (unpaired) electrons. The van der Waals surface area contributed by atoms with Crippen LogP contribution >= 0.6 is 0 Å². The fourth-order valence-electron chi connectivity index (χ4n) is 2.20. The van der Waals surface area contributed by atoms with E-state index in [9.17, 15) is 8.42 Å². The van der Waals surface area contributed by atoms with Crippen molar-refractivity contribution in [3.8, 4) is 6.07 Å². The fourth-order valence-corrected chi connectivity index (χ4v) is 3.69. The standard InChI is InChI=1S/C13H17N3O2S/c1-15(2)12-7-8-16(10-12)19(17,18)13-5-3-11(9-14)4-6-13/h3-6,12H,7-8,10H2,1-2H3. The Bertz CT molecular complexity index is 587. The molecule has 1 aromatic carbocycles. The molecular weight excluding hydrogens is 262 g/mol. The van der Waals surface area contributed by atoms with Gasteiger partial charge in [0.25, 0.3) is 0 Å². The SMILES string of the molecule is CN(C)C1CCN(S(=O)(=O)c2ccc(C#N)cc2)C1. The molecule has 19 heavy (non-hydrogen) atoms. The van der Waals surface area contributed by atoms with E-state index in [2.05, 4.69) is 0 Å². The zero-order valence-corrected chi connectivity index (χ0v) is 11.9. The Morgan fingerprint density at radius 3 is 2.42 bits per heavy atom. The van der Waals surface area contributed by atoms with E-state index in [1.54, 1.807) is 0 Å². The summed E-state index contributed by atoms with van der Waals surface area (Å²) in [5, 5.41) is 8.72. The summed E-state index contributed by atoms with van der Waals surface area (Å²) in [5.41, 5.74) is 0.464. The molecule has 0 saturated carbocycles. The smallest absolute Gasteiger partial charge is 0.243 e. The second-order valence-corrected chi connectivity index (χ2v) is 6.84. The van der Waals surface area contributed by atoms with E-state index in [0.29, 0.717) is 18.7 Å². The predicted molar refractivity (Wildman–Crippen MR) is 72.0 cm³/mol. The van der Waals surface area contributed by atoms with Crippen LogP contribution < -0.4 is 0 Å². The lowest BCUT2D eigenvalue weighted by Gasteiger charge is -2.20. The van der Waals surface area contributed by atoms with E-state index in [4.69, 9.17) is 5.26 Å². The lowest BCUT2D eigenvalue weighted by atomic mass is 10.2. The average Bonchev–Trinajstić information content (AvgIpc) is 2.89. The molecular formula is C13H17N3O2S. The molecule has 1 heterocycles. The molecule has 1 unspecified atom stereocenters. The minimum absolute atomic E-state index is 0.255. The summed E-state index contributed by atoms with van der Waals surface area (Å²) in [6.45, 7) is 1.07. The Kier molecular flexibility index (Phi) is 3.90. The van der Waals surface area contributed by atoms with E-state index in [0.717, 1.165) is 6.42 Å². The average molecular weight is 279 g/mol. The van der Waals surface area contributed by atoms with Crippen molar-refractivity contribution in [1.29, 1.82) is 5.26 Å². The van der Waals surface area contributed by atoms with Gasteiger partial charge in [0.05, 0.1) is 16.5 Å². The number of hydrogen-bond donors (Lipinski definition) is 0. The highest BCUT2D eigenvalue weighted by Gasteiger charge is 2.33. The lowest BCUT2D eigenvalue weighted by Crippen LogP contribution is -2.34. The van der Waals surface area contributed by atoms with Gasteiger partial charge in [0.1, 0.15) is 0 Å². The first kappa shape index (κ1) is 14.0. The molecule has 1 atom stereocenters. The summed E-state index contributed by atoms with van der Waals surface area (Å²) in [6.07, 6.45) is 0.850. The highest BCUT2D eigenvalue weighted by molar-refractivity contribution is 7.89. The Labute approximate surface area is 114 Å². The molecule has 0 amide bonds. The van der Waals surface area contributed by atoms with Gasteiger partial charge in [-0.2, -0.15) is 9.57 Å². The quantitative estimate of drug-likeness (QED) is 0.824. The van der Waals surface area contributed by atoms with Gasteiger partial charge in [-0.3, -0.25) is 0 Å². The second kappa shape index (κ2) is 5.29. The summed E-state index contributed by atoms with van der Waals surface area (Å²) in [5.74, 6) is 0. The van der Waals surface area contributed by atoms with Crippen molar-refractivity contribution in [2.45, 2.75) is 17.4 Å². The molecule has 1 aromatic rings. The van der Waals surface area contributed by atoms with Crippen molar-refractivity contribution in [3.63, 3.8) is 0 Å². The van der Waals surface area contributed by atoms with E-state index in [1.807, 2.05) is 25.1 Å². The van der Waals surface area contributed by atoms with Crippen molar-refractivity contribution < 1.29 is 8.42 Å². The third kappa shape index (κ3) is 2.78. The van der Waals surface area contributed by atoms with E-state index in [-0.39, 0.29) is 10.9 Å². The van der Waals surface area contributed by atoms with Crippen LogP contribution in [0.2, 0.25) is 0 Å². The number of sulfonamides is 1. The van der Waals surface area contributed by atoms with Gasteiger partial charge >= 0.3 is 0 Å². The molecule has 0 bridgehead atoms. The first-order valence-electron chi connectivity index (χ1n) is 6.12. The van der Waals surface area contributed by atoms with Gasteiger partial charge in [0.2, 0.25) is 10.0 Å². The van der Waals surface area contributed by atoms with Crippen molar-refractivity contribution in [2.24, 2.45) is 0 Å². The largest absolute Gasteiger partial charge is 0.305 e. The number of likely N-dealkylation sites (N-methyl/N-ethyl adjacent to an activating group) is 1. The molecule has 0 aromatic heterocycles. The van der Waals surface area contributed by atoms with Crippen molar-refractivity contribution in [1.82, 2.24) is 9.21 Å². The van der Waals surface area contributed by atoms with Crippen LogP contribution in [0.4, 0.5) is 0 Å². The van der Waals surface area contributed by atoms with Crippen LogP contribution in [-0.2, 0) is 10.0 Å². The first-order chi connectivity index (χ1) is 8.95. The van der Waals surface area contributed by atoms with E-state index >= 15 is 0 Å². The molecule has 1 fully saturated rings. The van der Waals surface area contributed by atoms with Crippen LogP contribution in [0.15, 0.2) is 29.2 Å². The maximum absolute atomic E-state index is 12.4. The van der Waals surface area contributed by atoms with Crippen molar-refractivity contribution in [3.05, 3.63) is 29.8 Å². The van der Waals surface area contributed by atoms with E-state index < -0.39 is 10.0 Å². The number of rotatable bonds is 3. The molecule has 1 aliphatic rings. The lowest BCUT2D eigenvalue weighted by molar-refractivity contribution is 0.302. The zero-order chi connectivity index (χ0) is 14.0. The molecule has 0 spiro atoms. The van der Waals surface area contributed by atoms with Crippen molar-refractivity contribution >= 4 is 10.0 Å². The summed E-state index contributed by atoms with van der Waals surface area (Å²) in [7, 11) is 0.489. The van der Waals surface area contributed by atoms with Gasteiger partial charge in [-0.1, -0.05) is 0 Å². The molecule has 0 aliphatic carbocycles. The van der Waals surface area contributed by atoms with Crippen LogP contribution in [0.3, 0.4) is 0 Å². The Hall–Kier alpha value is -1.42. The zero-order valence-electron chi connectivity index (χ0n) is 11.1. The van der Waals surface area contributed by atoms with Gasteiger partial charge in [-0.05, 0) is 44.8 Å². The van der Waals surface area contributed by atoms with Gasteiger partial charge in [-0.25, -0.2) is 8.42 Å². The Morgan fingerprint density at radius 2 is 1.95 bits per heavy atom. The highest BCUT2D eigenvalue weighted by Crippen LogP contribution is 2.22. The third-order valence-corrected chi connectivity index (χ3v) is 5.36. The Morgan fingerprint density at radius 1 is 1.32 bits per heavy atom. The highest BCUT2D eigenvalue weighted by atomic mass is 32.2. The molecule has 5 nitrogen and oxygen atoms in total. The van der Waals surface area contributed by atoms with E-state index in [1.165, 1.54) is 28.6 Å². The second-order valence-electron chi connectivity index (χ2n) is 4.91. The van der Waals surface area contributed by atoms with Crippen LogP contribution in [-0.4, -0.2) is 50.8 Å². The molecule has 1 aliphatic heterocycles. The van der Waals surface area contributed by atoms with Gasteiger partial charge in [-0.15, -0.1) is 0 Å². The van der Waals surface area contributed by atoms with Gasteiger partial charge in [0.15, 0.2) is 0 Å². The number of benzene rings is 1. The number of hydrogen-bond acceptors (Lipinski definition) is 4. The number of nitrogens with zero attached hydrogens (tertiary/aromatic N) is 3. The summed E-state index contributed by atoms with van der Waals surface area (Å²) >= 11 is 0. The maximum Gasteiger partial charge on any atom is 0.243 e. The third-order valence-electron chi connectivity index (χ3n) is 3.48. The molecule has 1 saturated heterocycles. The molecule has 6 heteroatoms. The monoisotopic (exact) mass is 279 g/mol. The van der Waals surface area contributed by atoms with Gasteiger partial charge < -0.3 is 4.90 Å².